The second-order valence-corrected chi connectivity index (χ2v) is 4.50. The van der Waals surface area contributed by atoms with Gasteiger partial charge in [-0.05, 0) is 55.9 Å². The molecule has 0 atom stereocenters. The van der Waals surface area contributed by atoms with E-state index in [1.54, 1.807) is 0 Å². The number of benzene rings is 1. The summed E-state index contributed by atoms with van der Waals surface area (Å²) in [5.74, 6) is 0. The molecule has 0 aromatic heterocycles. The Bertz CT molecular complexity index is 434. The van der Waals surface area contributed by atoms with E-state index in [0.717, 1.165) is 12.8 Å². The van der Waals surface area contributed by atoms with Crippen molar-refractivity contribution in [2.45, 2.75) is 33.6 Å². The minimum atomic E-state index is 1.11. The van der Waals surface area contributed by atoms with Crippen molar-refractivity contribution < 1.29 is 0 Å². The van der Waals surface area contributed by atoms with E-state index in [4.69, 9.17) is 0 Å². The van der Waals surface area contributed by atoms with Gasteiger partial charge in [-0.15, -0.1) is 0 Å². The summed E-state index contributed by atoms with van der Waals surface area (Å²) in [5, 5.41) is 0. The Hall–Kier alpha value is -1.30. The zero-order valence-corrected chi connectivity index (χ0v) is 9.80. The molecule has 0 N–H and O–H groups in total. The lowest BCUT2D eigenvalue weighted by Crippen LogP contribution is -1.95. The van der Waals surface area contributed by atoms with Gasteiger partial charge >= 0.3 is 0 Å². The molecule has 0 amide bonds. The van der Waals surface area contributed by atoms with E-state index in [9.17, 15) is 0 Å². The summed E-state index contributed by atoms with van der Waals surface area (Å²) < 4.78 is 0. The summed E-state index contributed by atoms with van der Waals surface area (Å²) in [7, 11) is 0. The van der Waals surface area contributed by atoms with Crippen molar-refractivity contribution in [3.8, 4) is 0 Å². The minimum absolute atomic E-state index is 1.11. The summed E-state index contributed by atoms with van der Waals surface area (Å²) in [4.78, 5) is 0. The molecule has 0 saturated heterocycles. The predicted molar refractivity (Wildman–Crippen MR) is 66.2 cm³/mol. The number of hydrogen-bond acceptors (Lipinski definition) is 0. The fourth-order valence-electron chi connectivity index (χ4n) is 2.08. The highest BCUT2D eigenvalue weighted by molar-refractivity contribution is 5.40. The van der Waals surface area contributed by atoms with Crippen LogP contribution >= 0.6 is 0 Å². The summed E-state index contributed by atoms with van der Waals surface area (Å²) in [5.41, 5.74) is 7.23. The van der Waals surface area contributed by atoms with E-state index in [1.165, 1.54) is 27.8 Å². The van der Waals surface area contributed by atoms with Crippen LogP contribution in [0.25, 0.3) is 0 Å². The Morgan fingerprint density at radius 3 is 2.40 bits per heavy atom. The van der Waals surface area contributed by atoms with Crippen molar-refractivity contribution in [2.75, 3.05) is 0 Å². The summed E-state index contributed by atoms with van der Waals surface area (Å²) in [6.07, 6.45) is 8.87. The predicted octanol–water partition coefficient (Wildman–Crippen LogP) is 4.04. The maximum Gasteiger partial charge on any atom is -0.00581 e. The monoisotopic (exact) mass is 198 g/mol. The molecule has 1 aliphatic carbocycles. The van der Waals surface area contributed by atoms with Crippen molar-refractivity contribution in [1.29, 1.82) is 0 Å². The first-order valence-electron chi connectivity index (χ1n) is 5.58. The van der Waals surface area contributed by atoms with Crippen LogP contribution < -0.4 is 0 Å². The van der Waals surface area contributed by atoms with E-state index in [0.29, 0.717) is 0 Å². The van der Waals surface area contributed by atoms with E-state index >= 15 is 0 Å². The van der Waals surface area contributed by atoms with Gasteiger partial charge in [-0.2, -0.15) is 0 Å². The van der Waals surface area contributed by atoms with Crippen molar-refractivity contribution >= 4 is 0 Å². The molecule has 15 heavy (non-hydrogen) atoms. The smallest absolute Gasteiger partial charge is 0.00581 e. The normalized spacial score (nSPS) is 14.5. The molecule has 0 bridgehead atoms. The van der Waals surface area contributed by atoms with Crippen molar-refractivity contribution in [1.82, 2.24) is 0 Å². The molecule has 0 spiro atoms. The highest BCUT2D eigenvalue weighted by Gasteiger charge is 2.05. The van der Waals surface area contributed by atoms with Crippen molar-refractivity contribution in [3.05, 3.63) is 58.2 Å². The van der Waals surface area contributed by atoms with Crippen LogP contribution in [0.4, 0.5) is 0 Å². The molecule has 1 aromatic carbocycles. The molecule has 0 unspecified atom stereocenters. The SMILES string of the molecule is Cc1cc(C)c(CC2=CC=CC2)cc1C. The lowest BCUT2D eigenvalue weighted by Gasteiger charge is -2.10. The quantitative estimate of drug-likeness (QED) is 0.672. The minimum Gasteiger partial charge on any atom is -0.0804 e. The maximum absolute atomic E-state index is 2.34. The summed E-state index contributed by atoms with van der Waals surface area (Å²) in [6, 6.07) is 4.64. The van der Waals surface area contributed by atoms with Gasteiger partial charge in [0.25, 0.3) is 0 Å². The van der Waals surface area contributed by atoms with Crippen LogP contribution in [0.5, 0.6) is 0 Å². The maximum atomic E-state index is 2.34. The molecule has 1 aromatic rings. The van der Waals surface area contributed by atoms with Crippen LogP contribution in [0.1, 0.15) is 28.7 Å². The van der Waals surface area contributed by atoms with Gasteiger partial charge in [-0.3, -0.25) is 0 Å². The largest absolute Gasteiger partial charge is 0.0804 e. The lowest BCUT2D eigenvalue weighted by molar-refractivity contribution is 1.06. The van der Waals surface area contributed by atoms with E-state index < -0.39 is 0 Å². The number of rotatable bonds is 2. The standard InChI is InChI=1S/C15H18/c1-11-8-13(3)15(9-12(11)2)10-14-6-4-5-7-14/h4-6,8-9H,7,10H2,1-3H3. The van der Waals surface area contributed by atoms with Gasteiger partial charge in [0.15, 0.2) is 0 Å². The molecule has 0 fully saturated rings. The second-order valence-electron chi connectivity index (χ2n) is 4.50. The van der Waals surface area contributed by atoms with Crippen LogP contribution in [-0.4, -0.2) is 0 Å². The Morgan fingerprint density at radius 2 is 1.73 bits per heavy atom. The van der Waals surface area contributed by atoms with E-state index in [1.807, 2.05) is 0 Å². The second kappa shape index (κ2) is 4.06. The third kappa shape index (κ3) is 2.20. The Balaban J connectivity index is 2.25. The van der Waals surface area contributed by atoms with Gasteiger partial charge < -0.3 is 0 Å². The molecule has 0 radical (unpaired) electrons. The molecule has 0 saturated carbocycles. The van der Waals surface area contributed by atoms with E-state index in [-0.39, 0.29) is 0 Å². The fourth-order valence-corrected chi connectivity index (χ4v) is 2.08. The first kappa shape index (κ1) is 10.2. The van der Waals surface area contributed by atoms with Gasteiger partial charge in [-0.25, -0.2) is 0 Å². The van der Waals surface area contributed by atoms with Crippen molar-refractivity contribution in [2.24, 2.45) is 0 Å². The van der Waals surface area contributed by atoms with E-state index in [2.05, 4.69) is 51.1 Å². The van der Waals surface area contributed by atoms with Crippen LogP contribution in [0.2, 0.25) is 0 Å². The molecule has 0 heteroatoms. The molecule has 1 aliphatic rings. The Labute approximate surface area is 92.3 Å². The number of hydrogen-bond donors (Lipinski definition) is 0. The van der Waals surface area contributed by atoms with Gasteiger partial charge in [0, 0.05) is 0 Å². The van der Waals surface area contributed by atoms with Gasteiger partial charge in [0.1, 0.15) is 0 Å². The van der Waals surface area contributed by atoms with Crippen LogP contribution in [0.15, 0.2) is 35.9 Å². The summed E-state index contributed by atoms with van der Waals surface area (Å²) >= 11 is 0. The number of allylic oxidation sites excluding steroid dienone is 4. The molecule has 0 aliphatic heterocycles. The highest BCUT2D eigenvalue weighted by atomic mass is 14.1. The third-order valence-corrected chi connectivity index (χ3v) is 3.22. The molecule has 0 nitrogen and oxygen atoms in total. The highest BCUT2D eigenvalue weighted by Crippen LogP contribution is 2.21. The Kier molecular flexibility index (Phi) is 2.77. The van der Waals surface area contributed by atoms with Gasteiger partial charge in [-0.1, -0.05) is 35.9 Å². The first-order chi connectivity index (χ1) is 7.16. The molecular weight excluding hydrogens is 180 g/mol. The summed E-state index contributed by atoms with van der Waals surface area (Å²) in [6.45, 7) is 6.59. The van der Waals surface area contributed by atoms with Crippen molar-refractivity contribution in [3.63, 3.8) is 0 Å². The topological polar surface area (TPSA) is 0 Å². The number of aryl methyl sites for hydroxylation is 3. The zero-order chi connectivity index (χ0) is 10.8. The van der Waals surface area contributed by atoms with Gasteiger partial charge in [0.05, 0.1) is 0 Å². The molecule has 0 heterocycles. The van der Waals surface area contributed by atoms with Crippen LogP contribution in [0, 0.1) is 20.8 Å². The molecular formula is C15H18. The fraction of sp³-hybridized carbons (Fsp3) is 0.333. The average molecular weight is 198 g/mol. The lowest BCUT2D eigenvalue weighted by atomic mass is 9.95. The third-order valence-electron chi connectivity index (χ3n) is 3.22. The Morgan fingerprint density at radius 1 is 1.00 bits per heavy atom. The zero-order valence-electron chi connectivity index (χ0n) is 9.80. The van der Waals surface area contributed by atoms with Gasteiger partial charge in [0.2, 0.25) is 0 Å². The average Bonchev–Trinajstić information content (AvgIpc) is 2.67. The van der Waals surface area contributed by atoms with Crippen LogP contribution in [-0.2, 0) is 6.42 Å². The first-order valence-corrected chi connectivity index (χ1v) is 5.58. The van der Waals surface area contributed by atoms with Crippen LogP contribution in [0.3, 0.4) is 0 Å². The molecule has 2 rings (SSSR count). The molecule has 78 valence electrons.